The molecule has 1 saturated carbocycles. The van der Waals surface area contributed by atoms with Gasteiger partial charge in [-0.15, -0.1) is 10.2 Å². The number of aliphatic hydroxyl groups excluding tert-OH is 1. The molecule has 1 aromatic rings. The first-order valence-electron chi connectivity index (χ1n) is 5.79. The number of hydrogen-bond acceptors (Lipinski definition) is 5. The molecule has 1 saturated heterocycles. The summed E-state index contributed by atoms with van der Waals surface area (Å²) in [5, 5.41) is 16.0. The first kappa shape index (κ1) is 12.2. The van der Waals surface area contributed by atoms with E-state index in [1.807, 2.05) is 4.90 Å². The van der Waals surface area contributed by atoms with Crippen molar-refractivity contribution in [1.82, 2.24) is 10.2 Å². The van der Waals surface area contributed by atoms with Gasteiger partial charge in [0.1, 0.15) is 0 Å². The van der Waals surface area contributed by atoms with Crippen LogP contribution in [0.15, 0.2) is 0 Å². The molecule has 4 nitrogen and oxygen atoms in total. The Bertz CT molecular complexity index is 450. The van der Waals surface area contributed by atoms with Crippen molar-refractivity contribution in [3.63, 3.8) is 0 Å². The van der Waals surface area contributed by atoms with Crippen molar-refractivity contribution < 1.29 is 18.3 Å². The van der Waals surface area contributed by atoms with Gasteiger partial charge in [0.2, 0.25) is 10.1 Å². The van der Waals surface area contributed by atoms with Gasteiger partial charge in [0.15, 0.2) is 0 Å². The van der Waals surface area contributed by atoms with Crippen LogP contribution in [0.25, 0.3) is 0 Å². The molecule has 0 spiro atoms. The fourth-order valence-electron chi connectivity index (χ4n) is 2.85. The largest absolute Gasteiger partial charge is 0.445 e. The molecule has 0 aromatic carbocycles. The summed E-state index contributed by atoms with van der Waals surface area (Å²) >= 11 is 0.574. The minimum atomic E-state index is -4.43. The number of hydrogen-bond donors (Lipinski definition) is 1. The van der Waals surface area contributed by atoms with Crippen molar-refractivity contribution >= 4 is 16.5 Å². The number of anilines is 1. The van der Waals surface area contributed by atoms with Crippen LogP contribution in [-0.2, 0) is 6.18 Å². The van der Waals surface area contributed by atoms with E-state index in [9.17, 15) is 18.3 Å². The van der Waals surface area contributed by atoms with Gasteiger partial charge in [0.05, 0.1) is 6.10 Å². The Morgan fingerprint density at radius 1 is 1.22 bits per heavy atom. The molecule has 100 valence electrons. The summed E-state index contributed by atoms with van der Waals surface area (Å²) in [6, 6.07) is 0. The van der Waals surface area contributed by atoms with Gasteiger partial charge in [-0.25, -0.2) is 0 Å². The first-order chi connectivity index (χ1) is 8.45. The molecule has 0 amide bonds. The predicted molar refractivity (Wildman–Crippen MR) is 59.3 cm³/mol. The number of aromatic nitrogens is 2. The van der Waals surface area contributed by atoms with E-state index in [0.717, 1.165) is 12.8 Å². The average Bonchev–Trinajstić information content (AvgIpc) is 2.93. The maximum atomic E-state index is 12.4. The Morgan fingerprint density at radius 2 is 2.00 bits per heavy atom. The molecule has 1 aliphatic heterocycles. The van der Waals surface area contributed by atoms with Crippen LogP contribution < -0.4 is 4.90 Å². The molecule has 18 heavy (non-hydrogen) atoms. The lowest BCUT2D eigenvalue weighted by atomic mass is 10.00. The SMILES string of the molecule is OC1CCC2CN(c3nnc(C(F)(F)F)s3)CC12. The highest BCUT2D eigenvalue weighted by molar-refractivity contribution is 7.15. The summed E-state index contributed by atoms with van der Waals surface area (Å²) in [4.78, 5) is 1.81. The molecule has 1 aromatic heterocycles. The van der Waals surface area contributed by atoms with Crippen molar-refractivity contribution in [2.75, 3.05) is 18.0 Å². The fraction of sp³-hybridized carbons (Fsp3) is 0.800. The Morgan fingerprint density at radius 3 is 2.61 bits per heavy atom. The van der Waals surface area contributed by atoms with E-state index in [2.05, 4.69) is 10.2 Å². The number of alkyl halides is 3. The van der Waals surface area contributed by atoms with Crippen LogP contribution in [0.2, 0.25) is 0 Å². The number of aliphatic hydroxyl groups is 1. The van der Waals surface area contributed by atoms with Crippen LogP contribution >= 0.6 is 11.3 Å². The van der Waals surface area contributed by atoms with Crippen molar-refractivity contribution in [3.05, 3.63) is 5.01 Å². The minimum absolute atomic E-state index is 0.170. The zero-order valence-electron chi connectivity index (χ0n) is 9.39. The maximum absolute atomic E-state index is 12.4. The number of nitrogens with zero attached hydrogens (tertiary/aromatic N) is 3. The normalized spacial score (nSPS) is 32.0. The quantitative estimate of drug-likeness (QED) is 0.851. The molecular formula is C10H12F3N3OS. The highest BCUT2D eigenvalue weighted by Gasteiger charge is 2.43. The van der Waals surface area contributed by atoms with Crippen molar-refractivity contribution in [2.24, 2.45) is 11.8 Å². The second kappa shape index (κ2) is 4.06. The molecule has 3 atom stereocenters. The summed E-state index contributed by atoms with van der Waals surface area (Å²) in [5.74, 6) is 0.543. The zero-order chi connectivity index (χ0) is 12.9. The molecule has 2 heterocycles. The van der Waals surface area contributed by atoms with E-state index >= 15 is 0 Å². The summed E-state index contributed by atoms with van der Waals surface area (Å²) in [6.45, 7) is 1.26. The summed E-state index contributed by atoms with van der Waals surface area (Å²) in [5.41, 5.74) is 0. The Labute approximate surface area is 105 Å². The van der Waals surface area contributed by atoms with E-state index in [4.69, 9.17) is 0 Å². The van der Waals surface area contributed by atoms with E-state index in [-0.39, 0.29) is 12.0 Å². The monoisotopic (exact) mass is 279 g/mol. The zero-order valence-corrected chi connectivity index (χ0v) is 10.2. The molecule has 0 bridgehead atoms. The third-order valence-corrected chi connectivity index (χ3v) is 4.78. The van der Waals surface area contributed by atoms with Gasteiger partial charge in [-0.1, -0.05) is 11.3 Å². The molecular weight excluding hydrogens is 267 g/mol. The molecule has 8 heteroatoms. The third kappa shape index (κ3) is 1.97. The second-order valence-corrected chi connectivity index (χ2v) is 5.82. The number of halogens is 3. The van der Waals surface area contributed by atoms with Gasteiger partial charge in [-0.05, 0) is 18.8 Å². The van der Waals surface area contributed by atoms with E-state index in [0.29, 0.717) is 35.5 Å². The Kier molecular flexibility index (Phi) is 2.74. The molecule has 3 rings (SSSR count). The van der Waals surface area contributed by atoms with Crippen molar-refractivity contribution in [2.45, 2.75) is 25.1 Å². The molecule has 0 radical (unpaired) electrons. The highest BCUT2D eigenvalue weighted by Crippen LogP contribution is 2.41. The van der Waals surface area contributed by atoms with Crippen LogP contribution in [0.1, 0.15) is 17.8 Å². The van der Waals surface area contributed by atoms with E-state index in [1.54, 1.807) is 0 Å². The van der Waals surface area contributed by atoms with Gasteiger partial charge in [-0.2, -0.15) is 13.2 Å². The van der Waals surface area contributed by atoms with Gasteiger partial charge >= 0.3 is 6.18 Å². The smallest absolute Gasteiger partial charge is 0.393 e. The number of fused-ring (bicyclic) bond motifs is 1. The maximum Gasteiger partial charge on any atom is 0.445 e. The second-order valence-electron chi connectivity index (χ2n) is 4.86. The number of rotatable bonds is 1. The van der Waals surface area contributed by atoms with E-state index in [1.165, 1.54) is 0 Å². The topological polar surface area (TPSA) is 49.2 Å². The average molecular weight is 279 g/mol. The van der Waals surface area contributed by atoms with Crippen LogP contribution in [0.5, 0.6) is 0 Å². The summed E-state index contributed by atoms with van der Waals surface area (Å²) in [7, 11) is 0. The predicted octanol–water partition coefficient (Wildman–Crippen LogP) is 1.76. The molecule has 2 aliphatic rings. The molecule has 3 unspecified atom stereocenters. The minimum Gasteiger partial charge on any atom is -0.393 e. The van der Waals surface area contributed by atoms with Gasteiger partial charge in [0.25, 0.3) is 0 Å². The standard InChI is InChI=1S/C10H12F3N3OS/c11-10(12,13)8-14-15-9(18-8)16-3-5-1-2-7(17)6(5)4-16/h5-7,17H,1-4H2. The molecule has 2 fully saturated rings. The van der Waals surface area contributed by atoms with Crippen molar-refractivity contribution in [3.8, 4) is 0 Å². The lowest BCUT2D eigenvalue weighted by Gasteiger charge is -2.16. The fourth-order valence-corrected chi connectivity index (χ4v) is 3.58. The van der Waals surface area contributed by atoms with E-state index < -0.39 is 11.2 Å². The van der Waals surface area contributed by atoms with Crippen LogP contribution in [0.3, 0.4) is 0 Å². The van der Waals surface area contributed by atoms with Gasteiger partial charge in [0, 0.05) is 19.0 Å². The Balaban J connectivity index is 1.75. The van der Waals surface area contributed by atoms with Gasteiger partial charge in [-0.3, -0.25) is 0 Å². The third-order valence-electron chi connectivity index (χ3n) is 3.75. The molecule has 1 N–H and O–H groups in total. The van der Waals surface area contributed by atoms with Crippen LogP contribution in [0.4, 0.5) is 18.3 Å². The Hall–Kier alpha value is -0.890. The highest BCUT2D eigenvalue weighted by atomic mass is 32.1. The summed E-state index contributed by atoms with van der Waals surface area (Å²) in [6.07, 6.45) is -3.01. The summed E-state index contributed by atoms with van der Waals surface area (Å²) < 4.78 is 37.3. The van der Waals surface area contributed by atoms with Crippen LogP contribution in [-0.4, -0.2) is 34.5 Å². The lowest BCUT2D eigenvalue weighted by Crippen LogP contribution is -2.24. The van der Waals surface area contributed by atoms with Crippen molar-refractivity contribution in [1.29, 1.82) is 0 Å². The lowest BCUT2D eigenvalue weighted by molar-refractivity contribution is -0.138. The first-order valence-corrected chi connectivity index (χ1v) is 6.60. The van der Waals surface area contributed by atoms with Gasteiger partial charge < -0.3 is 10.0 Å². The van der Waals surface area contributed by atoms with Crippen LogP contribution in [0, 0.1) is 11.8 Å². The molecule has 1 aliphatic carbocycles.